The molecule has 1 aliphatic heterocycles. The van der Waals surface area contributed by atoms with Crippen LogP contribution in [0.25, 0.3) is 0 Å². The number of likely N-dealkylation sites (tertiary alicyclic amines) is 1. The molecule has 0 radical (unpaired) electrons. The zero-order valence-electron chi connectivity index (χ0n) is 9.37. The predicted molar refractivity (Wildman–Crippen MR) is 54.9 cm³/mol. The van der Waals surface area contributed by atoms with Crippen molar-refractivity contribution in [3.05, 3.63) is 0 Å². The molecule has 0 aromatic heterocycles. The molecule has 0 bridgehead atoms. The first kappa shape index (κ1) is 11.5. The van der Waals surface area contributed by atoms with E-state index in [1.165, 1.54) is 0 Å². The highest BCUT2D eigenvalue weighted by Crippen LogP contribution is 2.20. The Balaban J connectivity index is 2.70. The van der Waals surface area contributed by atoms with Crippen molar-refractivity contribution in [3.63, 3.8) is 0 Å². The normalized spacial score (nSPS) is 28.2. The van der Waals surface area contributed by atoms with Gasteiger partial charge in [-0.05, 0) is 34.2 Å². The van der Waals surface area contributed by atoms with E-state index in [1.54, 1.807) is 11.9 Å². The van der Waals surface area contributed by atoms with Crippen molar-refractivity contribution in [1.29, 1.82) is 0 Å². The minimum Gasteiger partial charge on any atom is -0.391 e. The van der Waals surface area contributed by atoms with E-state index in [2.05, 4.69) is 5.32 Å². The number of nitrogens with one attached hydrogen (secondary N) is 1. The molecule has 4 nitrogen and oxygen atoms in total. The Morgan fingerprint density at radius 3 is 2.50 bits per heavy atom. The fourth-order valence-corrected chi connectivity index (χ4v) is 1.75. The SMILES string of the molecule is CNC(C)(C)C(=O)N1CC(O)CC1C. The summed E-state index contributed by atoms with van der Waals surface area (Å²) in [7, 11) is 1.77. The van der Waals surface area contributed by atoms with Crippen molar-refractivity contribution in [2.75, 3.05) is 13.6 Å². The van der Waals surface area contributed by atoms with E-state index in [9.17, 15) is 9.90 Å². The quantitative estimate of drug-likeness (QED) is 0.658. The second-order valence-corrected chi connectivity index (χ2v) is 4.57. The van der Waals surface area contributed by atoms with Crippen LogP contribution in [0.5, 0.6) is 0 Å². The standard InChI is InChI=1S/C10H20N2O2/c1-7-5-8(13)6-12(7)9(14)10(2,3)11-4/h7-8,11,13H,5-6H2,1-4H3. The van der Waals surface area contributed by atoms with Gasteiger partial charge < -0.3 is 15.3 Å². The van der Waals surface area contributed by atoms with Crippen LogP contribution in [-0.2, 0) is 4.79 Å². The maximum atomic E-state index is 12.0. The van der Waals surface area contributed by atoms with E-state index < -0.39 is 5.54 Å². The molecule has 1 heterocycles. The molecule has 82 valence electrons. The summed E-state index contributed by atoms with van der Waals surface area (Å²) in [6.07, 6.45) is 0.326. The molecule has 2 N–H and O–H groups in total. The molecule has 1 rings (SSSR count). The van der Waals surface area contributed by atoms with E-state index in [0.717, 1.165) is 0 Å². The summed E-state index contributed by atoms with van der Waals surface area (Å²) in [6, 6.07) is 0.144. The van der Waals surface area contributed by atoms with Crippen LogP contribution in [0.15, 0.2) is 0 Å². The summed E-state index contributed by atoms with van der Waals surface area (Å²) >= 11 is 0. The number of carbonyl (C=O) groups excluding carboxylic acids is 1. The number of hydrogen-bond donors (Lipinski definition) is 2. The molecular formula is C10H20N2O2. The van der Waals surface area contributed by atoms with Gasteiger partial charge in [0.2, 0.25) is 5.91 Å². The summed E-state index contributed by atoms with van der Waals surface area (Å²) in [6.45, 7) is 6.14. The molecule has 1 saturated heterocycles. The highest BCUT2D eigenvalue weighted by Gasteiger charge is 2.37. The number of likely N-dealkylation sites (N-methyl/N-ethyl adjacent to an activating group) is 1. The third-order valence-corrected chi connectivity index (χ3v) is 2.97. The number of carbonyl (C=O) groups is 1. The Morgan fingerprint density at radius 2 is 2.14 bits per heavy atom. The van der Waals surface area contributed by atoms with Crippen LogP contribution in [0, 0.1) is 0 Å². The van der Waals surface area contributed by atoms with E-state index >= 15 is 0 Å². The highest BCUT2D eigenvalue weighted by atomic mass is 16.3. The first-order chi connectivity index (χ1) is 6.38. The van der Waals surface area contributed by atoms with Crippen molar-refractivity contribution in [2.45, 2.75) is 44.9 Å². The van der Waals surface area contributed by atoms with Crippen molar-refractivity contribution < 1.29 is 9.90 Å². The zero-order chi connectivity index (χ0) is 10.9. The van der Waals surface area contributed by atoms with E-state index in [4.69, 9.17) is 0 Å². The van der Waals surface area contributed by atoms with Crippen LogP contribution < -0.4 is 5.32 Å². The molecule has 2 unspecified atom stereocenters. The predicted octanol–water partition coefficient (Wildman–Crippen LogP) is -0.0339. The third-order valence-electron chi connectivity index (χ3n) is 2.97. The fraction of sp³-hybridized carbons (Fsp3) is 0.900. The summed E-state index contributed by atoms with van der Waals surface area (Å²) < 4.78 is 0. The summed E-state index contributed by atoms with van der Waals surface area (Å²) in [5, 5.41) is 12.4. The number of nitrogens with zero attached hydrogens (tertiary/aromatic N) is 1. The first-order valence-corrected chi connectivity index (χ1v) is 5.06. The smallest absolute Gasteiger partial charge is 0.242 e. The minimum atomic E-state index is -0.543. The van der Waals surface area contributed by atoms with Crippen molar-refractivity contribution in [3.8, 4) is 0 Å². The van der Waals surface area contributed by atoms with E-state index in [-0.39, 0.29) is 18.1 Å². The molecule has 1 amide bonds. The lowest BCUT2D eigenvalue weighted by Crippen LogP contribution is -2.53. The molecule has 1 aliphatic rings. The topological polar surface area (TPSA) is 52.6 Å². The van der Waals surface area contributed by atoms with Gasteiger partial charge in [-0.1, -0.05) is 0 Å². The molecule has 0 spiro atoms. The van der Waals surface area contributed by atoms with Crippen LogP contribution in [0.3, 0.4) is 0 Å². The number of rotatable bonds is 2. The number of aliphatic hydroxyl groups is 1. The van der Waals surface area contributed by atoms with Gasteiger partial charge in [0.25, 0.3) is 0 Å². The summed E-state index contributed by atoms with van der Waals surface area (Å²) in [5.74, 6) is 0.0593. The van der Waals surface area contributed by atoms with Gasteiger partial charge in [-0.3, -0.25) is 4.79 Å². The second-order valence-electron chi connectivity index (χ2n) is 4.57. The van der Waals surface area contributed by atoms with Gasteiger partial charge in [0.1, 0.15) is 0 Å². The average Bonchev–Trinajstić information content (AvgIpc) is 2.44. The van der Waals surface area contributed by atoms with Crippen molar-refractivity contribution >= 4 is 5.91 Å². The molecule has 0 aromatic carbocycles. The van der Waals surface area contributed by atoms with Gasteiger partial charge in [0.05, 0.1) is 11.6 Å². The zero-order valence-corrected chi connectivity index (χ0v) is 9.37. The molecular weight excluding hydrogens is 180 g/mol. The largest absolute Gasteiger partial charge is 0.391 e. The maximum Gasteiger partial charge on any atom is 0.242 e. The van der Waals surface area contributed by atoms with Crippen molar-refractivity contribution in [2.24, 2.45) is 0 Å². The van der Waals surface area contributed by atoms with Crippen LogP contribution >= 0.6 is 0 Å². The first-order valence-electron chi connectivity index (χ1n) is 5.06. The average molecular weight is 200 g/mol. The Bertz CT molecular complexity index is 228. The molecule has 2 atom stereocenters. The van der Waals surface area contributed by atoms with E-state index in [1.807, 2.05) is 20.8 Å². The number of amides is 1. The molecule has 0 aromatic rings. The minimum absolute atomic E-state index is 0.0593. The lowest BCUT2D eigenvalue weighted by Gasteiger charge is -2.31. The fourth-order valence-electron chi connectivity index (χ4n) is 1.75. The van der Waals surface area contributed by atoms with Gasteiger partial charge in [0.15, 0.2) is 0 Å². The van der Waals surface area contributed by atoms with Gasteiger partial charge in [0, 0.05) is 12.6 Å². The van der Waals surface area contributed by atoms with Crippen LogP contribution in [0.2, 0.25) is 0 Å². The number of hydrogen-bond acceptors (Lipinski definition) is 3. The van der Waals surface area contributed by atoms with Gasteiger partial charge >= 0.3 is 0 Å². The lowest BCUT2D eigenvalue weighted by atomic mass is 10.0. The van der Waals surface area contributed by atoms with Gasteiger partial charge in [-0.15, -0.1) is 0 Å². The summed E-state index contributed by atoms with van der Waals surface area (Å²) in [4.78, 5) is 13.8. The van der Waals surface area contributed by atoms with E-state index in [0.29, 0.717) is 13.0 Å². The lowest BCUT2D eigenvalue weighted by molar-refractivity contribution is -0.137. The Hall–Kier alpha value is -0.610. The highest BCUT2D eigenvalue weighted by molar-refractivity contribution is 5.86. The maximum absolute atomic E-state index is 12.0. The Kier molecular flexibility index (Phi) is 3.17. The van der Waals surface area contributed by atoms with Gasteiger partial charge in [-0.25, -0.2) is 0 Å². The third kappa shape index (κ3) is 2.07. The summed E-state index contributed by atoms with van der Waals surface area (Å²) in [5.41, 5.74) is -0.543. The van der Waals surface area contributed by atoms with Crippen LogP contribution in [-0.4, -0.2) is 47.2 Å². The molecule has 0 aliphatic carbocycles. The monoisotopic (exact) mass is 200 g/mol. The van der Waals surface area contributed by atoms with Crippen molar-refractivity contribution in [1.82, 2.24) is 10.2 Å². The Labute approximate surface area is 85.3 Å². The number of β-amino-alcohol motifs (C(OH)–C–C–N with tert-alkyl or cyclic N) is 1. The number of aliphatic hydroxyl groups excluding tert-OH is 1. The van der Waals surface area contributed by atoms with Crippen LogP contribution in [0.4, 0.5) is 0 Å². The molecule has 1 fully saturated rings. The van der Waals surface area contributed by atoms with Crippen LogP contribution in [0.1, 0.15) is 27.2 Å². The molecule has 14 heavy (non-hydrogen) atoms. The molecule has 0 saturated carbocycles. The van der Waals surface area contributed by atoms with Gasteiger partial charge in [-0.2, -0.15) is 0 Å². The Morgan fingerprint density at radius 1 is 1.57 bits per heavy atom. The second kappa shape index (κ2) is 3.87. The molecule has 4 heteroatoms.